The van der Waals surface area contributed by atoms with E-state index in [1.165, 1.54) is 0 Å². The molecule has 0 amide bonds. The fourth-order valence-electron chi connectivity index (χ4n) is 2.61. The van der Waals surface area contributed by atoms with Crippen molar-refractivity contribution in [1.82, 2.24) is 14.5 Å². The van der Waals surface area contributed by atoms with Gasteiger partial charge < -0.3 is 9.30 Å². The molecule has 0 spiro atoms. The predicted molar refractivity (Wildman–Crippen MR) is 105 cm³/mol. The molecular formula is C19H17Cl2N3O. The van der Waals surface area contributed by atoms with Gasteiger partial charge in [-0.2, -0.15) is 0 Å². The number of hydrogen-bond acceptors (Lipinski definition) is 3. The first-order valence-corrected chi connectivity index (χ1v) is 7.37. The average Bonchev–Trinajstić information content (AvgIpc) is 3.15. The lowest BCUT2D eigenvalue weighted by atomic mass is 10.1. The molecule has 128 valence electrons. The number of halogens is 2. The van der Waals surface area contributed by atoms with E-state index in [1.807, 2.05) is 47.2 Å². The molecule has 2 aromatic heterocycles. The second-order valence-corrected chi connectivity index (χ2v) is 5.27. The Hall–Kier alpha value is -2.56. The number of rotatable bonds is 3. The minimum Gasteiger partial charge on any atom is -0.497 e. The molecule has 0 N–H and O–H groups in total. The van der Waals surface area contributed by atoms with Crippen molar-refractivity contribution >= 4 is 35.7 Å². The Morgan fingerprint density at radius 2 is 1.72 bits per heavy atom. The van der Waals surface area contributed by atoms with E-state index in [9.17, 15) is 0 Å². The summed E-state index contributed by atoms with van der Waals surface area (Å²) >= 11 is 0. The summed E-state index contributed by atoms with van der Waals surface area (Å²) in [5, 5.41) is 1.11. The van der Waals surface area contributed by atoms with Crippen LogP contribution in [0.3, 0.4) is 0 Å². The van der Waals surface area contributed by atoms with Gasteiger partial charge in [-0.25, -0.2) is 9.97 Å². The maximum Gasteiger partial charge on any atom is 0.118 e. The number of hydrogen-bond donors (Lipinski definition) is 0. The number of benzene rings is 2. The number of aromatic nitrogens is 3. The molecule has 4 nitrogen and oxygen atoms in total. The highest BCUT2D eigenvalue weighted by Crippen LogP contribution is 2.24. The molecule has 4 aromatic rings. The van der Waals surface area contributed by atoms with Crippen molar-refractivity contribution in [3.05, 3.63) is 73.3 Å². The number of methoxy groups -OCH3 is 1. The van der Waals surface area contributed by atoms with Gasteiger partial charge >= 0.3 is 0 Å². The number of pyridine rings is 1. The molecule has 6 heteroatoms. The van der Waals surface area contributed by atoms with E-state index in [4.69, 9.17) is 9.72 Å². The fourth-order valence-corrected chi connectivity index (χ4v) is 2.61. The number of ether oxygens (including phenoxy) is 1. The topological polar surface area (TPSA) is 39.9 Å². The van der Waals surface area contributed by atoms with Crippen molar-refractivity contribution in [2.75, 3.05) is 7.11 Å². The normalized spacial score (nSPS) is 9.96. The molecule has 4 rings (SSSR count). The van der Waals surface area contributed by atoms with E-state index in [-0.39, 0.29) is 24.8 Å². The van der Waals surface area contributed by atoms with Gasteiger partial charge in [0.25, 0.3) is 0 Å². The Labute approximate surface area is 158 Å². The van der Waals surface area contributed by atoms with Crippen molar-refractivity contribution in [2.45, 2.75) is 0 Å². The minimum atomic E-state index is 0. The minimum absolute atomic E-state index is 0. The van der Waals surface area contributed by atoms with Crippen LogP contribution in [-0.2, 0) is 0 Å². The second kappa shape index (κ2) is 8.01. The largest absolute Gasteiger partial charge is 0.497 e. The number of fused-ring (bicyclic) bond motifs is 1. The third kappa shape index (κ3) is 3.76. The Kier molecular flexibility index (Phi) is 6.02. The van der Waals surface area contributed by atoms with Gasteiger partial charge in [0.2, 0.25) is 0 Å². The van der Waals surface area contributed by atoms with E-state index < -0.39 is 0 Å². The first-order valence-electron chi connectivity index (χ1n) is 7.37. The number of imidazole rings is 1. The Balaban J connectivity index is 0.00000113. The number of nitrogens with zero attached hydrogens (tertiary/aromatic N) is 3. The molecule has 0 bridgehead atoms. The zero-order valence-corrected chi connectivity index (χ0v) is 15.1. The molecule has 0 aliphatic rings. The Morgan fingerprint density at radius 1 is 0.920 bits per heavy atom. The lowest BCUT2D eigenvalue weighted by Crippen LogP contribution is -1.91. The fraction of sp³-hybridized carbons (Fsp3) is 0.0526. The summed E-state index contributed by atoms with van der Waals surface area (Å²) in [7, 11) is 1.67. The van der Waals surface area contributed by atoms with Crippen LogP contribution in [0.4, 0.5) is 0 Å². The molecule has 0 saturated heterocycles. The molecule has 0 saturated carbocycles. The molecule has 0 aliphatic carbocycles. The van der Waals surface area contributed by atoms with Crippen LogP contribution in [-0.4, -0.2) is 21.6 Å². The maximum atomic E-state index is 5.20. The molecule has 0 unspecified atom stereocenters. The van der Waals surface area contributed by atoms with Gasteiger partial charge in [-0.15, -0.1) is 24.8 Å². The summed E-state index contributed by atoms with van der Waals surface area (Å²) in [6.07, 6.45) is 5.50. The predicted octanol–water partition coefficient (Wildman–Crippen LogP) is 4.94. The average molecular weight is 374 g/mol. The van der Waals surface area contributed by atoms with Crippen molar-refractivity contribution in [2.24, 2.45) is 0 Å². The highest BCUT2D eigenvalue weighted by atomic mass is 35.5. The van der Waals surface area contributed by atoms with E-state index in [0.717, 1.165) is 33.6 Å². The zero-order valence-electron chi connectivity index (χ0n) is 13.5. The van der Waals surface area contributed by atoms with Crippen LogP contribution in [0.1, 0.15) is 0 Å². The summed E-state index contributed by atoms with van der Waals surface area (Å²) < 4.78 is 7.18. The van der Waals surface area contributed by atoms with E-state index in [2.05, 4.69) is 23.2 Å². The summed E-state index contributed by atoms with van der Waals surface area (Å²) in [5.41, 5.74) is 4.08. The molecule has 0 aliphatic heterocycles. The highest BCUT2D eigenvalue weighted by Gasteiger charge is 2.04. The van der Waals surface area contributed by atoms with Crippen molar-refractivity contribution in [3.63, 3.8) is 0 Å². The van der Waals surface area contributed by atoms with Crippen LogP contribution >= 0.6 is 24.8 Å². The second-order valence-electron chi connectivity index (χ2n) is 5.27. The lowest BCUT2D eigenvalue weighted by molar-refractivity contribution is 0.415. The molecule has 0 atom stereocenters. The molecular weight excluding hydrogens is 357 g/mol. The van der Waals surface area contributed by atoms with Gasteiger partial charge in [0.15, 0.2) is 0 Å². The monoisotopic (exact) mass is 373 g/mol. The van der Waals surface area contributed by atoms with Crippen LogP contribution in [0.5, 0.6) is 5.75 Å². The first-order chi connectivity index (χ1) is 11.3. The Bertz CT molecular complexity index is 954. The van der Waals surface area contributed by atoms with Crippen LogP contribution < -0.4 is 4.74 Å². The van der Waals surface area contributed by atoms with Crippen LogP contribution in [0.15, 0.2) is 73.3 Å². The SMILES string of the molecule is COc1ccc(-c2ccc3cc(-n4ccnc4)ccc3n2)cc1.Cl.Cl. The summed E-state index contributed by atoms with van der Waals surface area (Å²) in [4.78, 5) is 8.84. The summed E-state index contributed by atoms with van der Waals surface area (Å²) in [6, 6.07) is 18.3. The molecule has 2 aromatic carbocycles. The van der Waals surface area contributed by atoms with Crippen molar-refractivity contribution in [1.29, 1.82) is 0 Å². The van der Waals surface area contributed by atoms with Gasteiger partial charge in [-0.1, -0.05) is 6.07 Å². The quantitative estimate of drug-likeness (QED) is 0.510. The van der Waals surface area contributed by atoms with Crippen LogP contribution in [0, 0.1) is 0 Å². The lowest BCUT2D eigenvalue weighted by Gasteiger charge is -2.07. The van der Waals surface area contributed by atoms with E-state index in [0.29, 0.717) is 0 Å². The molecule has 2 heterocycles. The zero-order chi connectivity index (χ0) is 15.6. The third-order valence-electron chi connectivity index (χ3n) is 3.86. The van der Waals surface area contributed by atoms with E-state index >= 15 is 0 Å². The Morgan fingerprint density at radius 3 is 2.40 bits per heavy atom. The maximum absolute atomic E-state index is 5.20. The molecule has 0 fully saturated rings. The van der Waals surface area contributed by atoms with Gasteiger partial charge in [-0.05, 0) is 48.5 Å². The third-order valence-corrected chi connectivity index (χ3v) is 3.86. The van der Waals surface area contributed by atoms with Gasteiger partial charge in [-0.3, -0.25) is 0 Å². The van der Waals surface area contributed by atoms with Crippen molar-refractivity contribution in [3.8, 4) is 22.7 Å². The van der Waals surface area contributed by atoms with Crippen molar-refractivity contribution < 1.29 is 4.74 Å². The van der Waals surface area contributed by atoms with Crippen LogP contribution in [0.25, 0.3) is 27.8 Å². The van der Waals surface area contributed by atoms with Crippen LogP contribution in [0.2, 0.25) is 0 Å². The highest BCUT2D eigenvalue weighted by molar-refractivity contribution is 5.85. The molecule has 25 heavy (non-hydrogen) atoms. The summed E-state index contributed by atoms with van der Waals surface area (Å²) in [5.74, 6) is 0.847. The summed E-state index contributed by atoms with van der Waals surface area (Å²) in [6.45, 7) is 0. The smallest absolute Gasteiger partial charge is 0.118 e. The van der Waals surface area contributed by atoms with Gasteiger partial charge in [0.1, 0.15) is 5.75 Å². The van der Waals surface area contributed by atoms with E-state index in [1.54, 1.807) is 19.6 Å². The molecule has 0 radical (unpaired) electrons. The first kappa shape index (κ1) is 18.8. The van der Waals surface area contributed by atoms with Gasteiger partial charge in [0.05, 0.1) is 24.6 Å². The van der Waals surface area contributed by atoms with Gasteiger partial charge in [0, 0.05) is 29.0 Å². The standard InChI is InChI=1S/C19H15N3O.2ClH/c1-23-17-6-2-14(3-7-17)18-8-4-15-12-16(5-9-19(15)21-18)22-11-10-20-13-22;;/h2-13H,1H3;2*1H.